The normalized spacial score (nSPS) is 10.4. The molecule has 2 rings (SSSR count). The van der Waals surface area contributed by atoms with Crippen LogP contribution in [0.4, 0.5) is 11.4 Å². The van der Waals surface area contributed by atoms with Crippen molar-refractivity contribution in [2.75, 3.05) is 24.7 Å². The summed E-state index contributed by atoms with van der Waals surface area (Å²) in [7, 11) is 0. The molecule has 0 aliphatic rings. The highest BCUT2D eigenvalue weighted by atomic mass is 16.5. The average molecular weight is 272 g/mol. The van der Waals surface area contributed by atoms with Crippen LogP contribution in [0.15, 0.2) is 42.5 Å². The first kappa shape index (κ1) is 14.2. The number of benzene rings is 2. The second kappa shape index (κ2) is 6.82. The number of hydrogen-bond donors (Lipinski definition) is 3. The summed E-state index contributed by atoms with van der Waals surface area (Å²) in [5.41, 5.74) is 15.4. The van der Waals surface area contributed by atoms with Gasteiger partial charge in [0.25, 0.3) is 0 Å². The molecule has 4 heteroatoms. The largest absolute Gasteiger partial charge is 0.491 e. The Balaban J connectivity index is 1.93. The van der Waals surface area contributed by atoms with Gasteiger partial charge in [0, 0.05) is 11.4 Å². The Morgan fingerprint density at radius 2 is 1.70 bits per heavy atom. The third-order valence-electron chi connectivity index (χ3n) is 3.14. The third-order valence-corrected chi connectivity index (χ3v) is 3.14. The summed E-state index contributed by atoms with van der Waals surface area (Å²) in [4.78, 5) is 0. The lowest BCUT2D eigenvalue weighted by Gasteiger charge is -2.08. The highest BCUT2D eigenvalue weighted by Gasteiger charge is 2.01. The molecule has 0 fully saturated rings. The lowest BCUT2D eigenvalue weighted by Crippen LogP contribution is -2.01. The van der Waals surface area contributed by atoms with Crippen molar-refractivity contribution in [1.82, 2.24) is 0 Å². The van der Waals surface area contributed by atoms with E-state index < -0.39 is 0 Å². The van der Waals surface area contributed by atoms with Gasteiger partial charge in [-0.1, -0.05) is 18.2 Å². The van der Waals surface area contributed by atoms with Crippen LogP contribution >= 0.6 is 0 Å². The summed E-state index contributed by atoms with van der Waals surface area (Å²) in [5, 5.41) is 8.69. The van der Waals surface area contributed by atoms with Gasteiger partial charge in [-0.2, -0.15) is 0 Å². The molecule has 0 saturated heterocycles. The summed E-state index contributed by atoms with van der Waals surface area (Å²) in [6.07, 6.45) is 1.79. The maximum absolute atomic E-state index is 8.69. The van der Waals surface area contributed by atoms with Crippen LogP contribution in [0.3, 0.4) is 0 Å². The van der Waals surface area contributed by atoms with Gasteiger partial charge in [-0.05, 0) is 48.2 Å². The van der Waals surface area contributed by atoms with E-state index in [2.05, 4.69) is 0 Å². The molecule has 106 valence electrons. The van der Waals surface area contributed by atoms with E-state index in [4.69, 9.17) is 21.3 Å². The molecule has 0 spiro atoms. The molecule has 0 aliphatic carbocycles. The molecule has 0 aliphatic heterocycles. The third kappa shape index (κ3) is 3.90. The van der Waals surface area contributed by atoms with E-state index in [9.17, 15) is 0 Å². The van der Waals surface area contributed by atoms with Gasteiger partial charge in [-0.25, -0.2) is 0 Å². The molecule has 0 bridgehead atoms. The van der Waals surface area contributed by atoms with Gasteiger partial charge in [0.2, 0.25) is 0 Å². The quantitative estimate of drug-likeness (QED) is 0.703. The molecule has 0 radical (unpaired) electrons. The zero-order valence-electron chi connectivity index (χ0n) is 11.4. The van der Waals surface area contributed by atoms with Crippen molar-refractivity contribution in [1.29, 1.82) is 0 Å². The van der Waals surface area contributed by atoms with Gasteiger partial charge in [0.05, 0.1) is 6.61 Å². The Morgan fingerprint density at radius 3 is 2.35 bits per heavy atom. The predicted octanol–water partition coefficient (Wildman–Crippen LogP) is 2.01. The molecule has 0 atom stereocenters. The van der Waals surface area contributed by atoms with E-state index in [0.29, 0.717) is 12.3 Å². The van der Waals surface area contributed by atoms with Crippen LogP contribution in [0.25, 0.3) is 0 Å². The van der Waals surface area contributed by atoms with Crippen LogP contribution < -0.4 is 16.2 Å². The number of anilines is 2. The monoisotopic (exact) mass is 272 g/mol. The highest BCUT2D eigenvalue weighted by molar-refractivity contribution is 5.56. The molecule has 2 aromatic carbocycles. The fourth-order valence-electron chi connectivity index (χ4n) is 2.04. The topological polar surface area (TPSA) is 81.5 Å². The van der Waals surface area contributed by atoms with E-state index in [-0.39, 0.29) is 6.61 Å². The molecule has 20 heavy (non-hydrogen) atoms. The van der Waals surface area contributed by atoms with Crippen molar-refractivity contribution in [3.63, 3.8) is 0 Å². The van der Waals surface area contributed by atoms with Crippen molar-refractivity contribution < 1.29 is 9.84 Å². The molecule has 0 amide bonds. The zero-order valence-corrected chi connectivity index (χ0v) is 11.4. The lowest BCUT2D eigenvalue weighted by molar-refractivity contribution is 0.201. The molecule has 0 saturated carbocycles. The molecular weight excluding hydrogens is 252 g/mol. The first-order valence-electron chi connectivity index (χ1n) is 6.65. The number of aliphatic hydroxyl groups excluding tert-OH is 1. The predicted molar refractivity (Wildman–Crippen MR) is 81.7 cm³/mol. The summed E-state index contributed by atoms with van der Waals surface area (Å²) in [5.74, 6) is 0.773. The summed E-state index contributed by atoms with van der Waals surface area (Å²) in [6.45, 7) is 0.347. The highest BCUT2D eigenvalue weighted by Crippen LogP contribution is 2.19. The number of ether oxygens (including phenoxy) is 1. The Labute approximate surface area is 119 Å². The Morgan fingerprint density at radius 1 is 0.950 bits per heavy atom. The Kier molecular flexibility index (Phi) is 4.85. The molecular formula is C16H20N2O2. The molecule has 0 unspecified atom stereocenters. The molecule has 5 N–H and O–H groups in total. The van der Waals surface area contributed by atoms with Crippen molar-refractivity contribution in [3.05, 3.63) is 53.6 Å². The molecule has 2 aromatic rings. The number of hydrogen-bond acceptors (Lipinski definition) is 4. The number of rotatable bonds is 6. The minimum absolute atomic E-state index is 0.0260. The van der Waals surface area contributed by atoms with Crippen LogP contribution in [0.1, 0.15) is 11.1 Å². The number of nitrogens with two attached hydrogens (primary N) is 2. The van der Waals surface area contributed by atoms with Gasteiger partial charge in [-0.3, -0.25) is 0 Å². The van der Waals surface area contributed by atoms with E-state index in [0.717, 1.165) is 29.8 Å². The second-order valence-corrected chi connectivity index (χ2v) is 4.67. The van der Waals surface area contributed by atoms with Crippen LogP contribution in [-0.4, -0.2) is 18.3 Å². The van der Waals surface area contributed by atoms with Crippen LogP contribution in [0.5, 0.6) is 5.75 Å². The van der Waals surface area contributed by atoms with Crippen LogP contribution in [-0.2, 0) is 12.8 Å². The number of nitrogen functional groups attached to an aromatic ring is 2. The van der Waals surface area contributed by atoms with Gasteiger partial charge in [0.15, 0.2) is 0 Å². The number of aryl methyl sites for hydroxylation is 2. The van der Waals surface area contributed by atoms with E-state index in [1.165, 1.54) is 5.56 Å². The van der Waals surface area contributed by atoms with Gasteiger partial charge < -0.3 is 21.3 Å². The summed E-state index contributed by atoms with van der Waals surface area (Å²) >= 11 is 0. The smallest absolute Gasteiger partial charge is 0.119 e. The van der Waals surface area contributed by atoms with Crippen molar-refractivity contribution in [2.24, 2.45) is 0 Å². The van der Waals surface area contributed by atoms with E-state index in [1.54, 1.807) is 6.07 Å². The van der Waals surface area contributed by atoms with Crippen molar-refractivity contribution in [2.45, 2.75) is 12.8 Å². The van der Waals surface area contributed by atoms with Gasteiger partial charge in [0.1, 0.15) is 12.4 Å². The van der Waals surface area contributed by atoms with E-state index >= 15 is 0 Å². The van der Waals surface area contributed by atoms with Crippen LogP contribution in [0, 0.1) is 0 Å². The zero-order chi connectivity index (χ0) is 14.4. The average Bonchev–Trinajstić information content (AvgIpc) is 2.45. The maximum atomic E-state index is 8.69. The van der Waals surface area contributed by atoms with E-state index in [1.807, 2.05) is 36.4 Å². The fourth-order valence-corrected chi connectivity index (χ4v) is 2.04. The number of aliphatic hydroxyl groups is 1. The molecule has 4 nitrogen and oxygen atoms in total. The Bertz CT molecular complexity index is 553. The minimum atomic E-state index is 0.0260. The fraction of sp³-hybridized carbons (Fsp3) is 0.250. The van der Waals surface area contributed by atoms with Crippen molar-refractivity contribution >= 4 is 11.4 Å². The standard InChI is InChI=1S/C16H20N2O2/c17-14-6-5-13(16(18)11-14)4-1-12-2-7-15(8-3-12)20-10-9-19/h2-3,5-8,11,19H,1,4,9-10,17-18H2. The maximum Gasteiger partial charge on any atom is 0.119 e. The summed E-state index contributed by atoms with van der Waals surface area (Å²) in [6, 6.07) is 13.5. The molecule has 0 aromatic heterocycles. The van der Waals surface area contributed by atoms with Gasteiger partial charge >= 0.3 is 0 Å². The first-order valence-corrected chi connectivity index (χ1v) is 6.65. The molecule has 0 heterocycles. The summed E-state index contributed by atoms with van der Waals surface area (Å²) < 4.78 is 5.32. The van der Waals surface area contributed by atoms with Crippen LogP contribution in [0.2, 0.25) is 0 Å². The SMILES string of the molecule is Nc1ccc(CCc2ccc(OCCO)cc2)c(N)c1. The first-order chi connectivity index (χ1) is 9.69. The lowest BCUT2D eigenvalue weighted by atomic mass is 10.0. The second-order valence-electron chi connectivity index (χ2n) is 4.67. The van der Waals surface area contributed by atoms with Crippen molar-refractivity contribution in [3.8, 4) is 5.75 Å². The van der Waals surface area contributed by atoms with Gasteiger partial charge in [-0.15, -0.1) is 0 Å². The minimum Gasteiger partial charge on any atom is -0.491 e. The Hall–Kier alpha value is -2.20.